The molecule has 0 bridgehead atoms. The highest BCUT2D eigenvalue weighted by atomic mass is 28.3. The second-order valence-corrected chi connectivity index (χ2v) is 11.6. The Bertz CT molecular complexity index is 197. The van der Waals surface area contributed by atoms with Crippen LogP contribution in [0.15, 0.2) is 0 Å². The molecule has 1 saturated carbocycles. The number of fused-ring (bicyclic) bond motifs is 1. The van der Waals surface area contributed by atoms with Crippen molar-refractivity contribution in [1.82, 2.24) is 0 Å². The van der Waals surface area contributed by atoms with E-state index in [0.29, 0.717) is 11.7 Å². The van der Waals surface area contributed by atoms with E-state index >= 15 is 0 Å². The summed E-state index contributed by atoms with van der Waals surface area (Å²) in [5, 5.41) is 0. The lowest BCUT2D eigenvalue weighted by Gasteiger charge is -2.21. The zero-order valence-electron chi connectivity index (χ0n) is 9.23. The molecule has 0 aromatic heterocycles. The van der Waals surface area contributed by atoms with Crippen LogP contribution in [0.5, 0.6) is 0 Å². The van der Waals surface area contributed by atoms with Gasteiger partial charge in [-0.3, -0.25) is 0 Å². The molecular weight excluding hydrogens is 176 g/mol. The van der Waals surface area contributed by atoms with Crippen LogP contribution in [0, 0.1) is 0 Å². The van der Waals surface area contributed by atoms with Crippen LogP contribution in [0.3, 0.4) is 0 Å². The Morgan fingerprint density at radius 1 is 1.31 bits per heavy atom. The van der Waals surface area contributed by atoms with Gasteiger partial charge in [-0.2, -0.15) is 0 Å². The largest absolute Gasteiger partial charge is 0.366 e. The minimum Gasteiger partial charge on any atom is -0.366 e. The van der Waals surface area contributed by atoms with Crippen LogP contribution >= 0.6 is 0 Å². The van der Waals surface area contributed by atoms with Crippen molar-refractivity contribution in [2.75, 3.05) is 0 Å². The molecule has 2 rings (SSSR count). The molecule has 2 fully saturated rings. The van der Waals surface area contributed by atoms with Crippen LogP contribution in [0.1, 0.15) is 32.1 Å². The SMILES string of the molecule is C[Si](C)(C)CCC12CCCCC1O2. The van der Waals surface area contributed by atoms with Gasteiger partial charge in [0.25, 0.3) is 0 Å². The Kier molecular flexibility index (Phi) is 2.31. The highest BCUT2D eigenvalue weighted by molar-refractivity contribution is 6.76. The van der Waals surface area contributed by atoms with E-state index in [1.54, 1.807) is 0 Å². The molecule has 1 nitrogen and oxygen atoms in total. The molecule has 0 N–H and O–H groups in total. The minimum atomic E-state index is -0.842. The predicted molar refractivity (Wildman–Crippen MR) is 58.8 cm³/mol. The van der Waals surface area contributed by atoms with Gasteiger partial charge in [0.2, 0.25) is 0 Å². The molecule has 1 saturated heterocycles. The molecule has 1 heterocycles. The van der Waals surface area contributed by atoms with Gasteiger partial charge in [0.05, 0.1) is 11.7 Å². The smallest absolute Gasteiger partial charge is 0.0945 e. The minimum absolute atomic E-state index is 0.387. The first kappa shape index (κ1) is 9.72. The maximum atomic E-state index is 5.88. The lowest BCUT2D eigenvalue weighted by atomic mass is 9.87. The van der Waals surface area contributed by atoms with E-state index in [1.807, 2.05) is 0 Å². The second kappa shape index (κ2) is 3.09. The molecule has 0 spiro atoms. The number of ether oxygens (including phenoxy) is 1. The average molecular weight is 198 g/mol. The van der Waals surface area contributed by atoms with Gasteiger partial charge >= 0.3 is 0 Å². The quantitative estimate of drug-likeness (QED) is 0.500. The van der Waals surface area contributed by atoms with Crippen molar-refractivity contribution in [3.63, 3.8) is 0 Å². The summed E-state index contributed by atoms with van der Waals surface area (Å²) in [7, 11) is -0.842. The molecule has 0 aromatic rings. The van der Waals surface area contributed by atoms with E-state index in [4.69, 9.17) is 4.74 Å². The Morgan fingerprint density at radius 2 is 2.08 bits per heavy atom. The van der Waals surface area contributed by atoms with Crippen molar-refractivity contribution in [2.45, 2.75) is 69.5 Å². The molecule has 2 atom stereocenters. The first-order valence-electron chi connectivity index (χ1n) is 5.70. The van der Waals surface area contributed by atoms with Crippen LogP contribution in [0.25, 0.3) is 0 Å². The molecule has 2 unspecified atom stereocenters. The number of epoxide rings is 1. The third kappa shape index (κ3) is 2.16. The van der Waals surface area contributed by atoms with Gasteiger partial charge in [0.1, 0.15) is 0 Å². The summed E-state index contributed by atoms with van der Waals surface area (Å²) in [6.07, 6.45) is 7.51. The highest BCUT2D eigenvalue weighted by Gasteiger charge is 2.56. The van der Waals surface area contributed by atoms with Crippen LogP contribution in [0.2, 0.25) is 25.7 Å². The monoisotopic (exact) mass is 198 g/mol. The second-order valence-electron chi connectivity index (χ2n) is 5.98. The molecule has 1 aliphatic heterocycles. The van der Waals surface area contributed by atoms with Gasteiger partial charge < -0.3 is 4.74 Å². The van der Waals surface area contributed by atoms with Crippen molar-refractivity contribution in [3.05, 3.63) is 0 Å². The van der Waals surface area contributed by atoms with Gasteiger partial charge in [-0.05, 0) is 19.3 Å². The van der Waals surface area contributed by atoms with Crippen LogP contribution in [0.4, 0.5) is 0 Å². The summed E-state index contributed by atoms with van der Waals surface area (Å²) in [6, 6.07) is 1.45. The van der Waals surface area contributed by atoms with E-state index in [1.165, 1.54) is 38.1 Å². The average Bonchev–Trinajstić information content (AvgIpc) is 2.74. The lowest BCUT2D eigenvalue weighted by molar-refractivity contribution is 0.278. The molecule has 0 aromatic carbocycles. The zero-order valence-corrected chi connectivity index (χ0v) is 10.2. The van der Waals surface area contributed by atoms with Crippen LogP contribution < -0.4 is 0 Å². The van der Waals surface area contributed by atoms with Crippen molar-refractivity contribution in [2.24, 2.45) is 0 Å². The van der Waals surface area contributed by atoms with Gasteiger partial charge in [-0.1, -0.05) is 38.5 Å². The summed E-state index contributed by atoms with van der Waals surface area (Å²) in [5.41, 5.74) is 0.387. The van der Waals surface area contributed by atoms with E-state index in [-0.39, 0.29) is 0 Å². The molecule has 76 valence electrons. The van der Waals surface area contributed by atoms with Gasteiger partial charge in [-0.25, -0.2) is 0 Å². The first-order valence-corrected chi connectivity index (χ1v) is 9.40. The fourth-order valence-electron chi connectivity index (χ4n) is 2.48. The standard InChI is InChI=1S/C11H22OSi/c1-13(2,3)9-8-11-7-5-4-6-10(11)12-11/h10H,4-9H2,1-3H3. The van der Waals surface area contributed by atoms with Crippen molar-refractivity contribution < 1.29 is 4.74 Å². The molecule has 2 heteroatoms. The lowest BCUT2D eigenvalue weighted by Crippen LogP contribution is -2.26. The summed E-state index contributed by atoms with van der Waals surface area (Å²) in [4.78, 5) is 0. The Hall–Kier alpha value is 0.177. The van der Waals surface area contributed by atoms with E-state index in [0.717, 1.165) is 0 Å². The summed E-state index contributed by atoms with van der Waals surface area (Å²) >= 11 is 0. The molecular formula is C11H22OSi. The van der Waals surface area contributed by atoms with Crippen molar-refractivity contribution in [1.29, 1.82) is 0 Å². The van der Waals surface area contributed by atoms with Gasteiger partial charge in [-0.15, -0.1) is 0 Å². The maximum absolute atomic E-state index is 5.88. The Labute approximate surface area is 82.9 Å². The van der Waals surface area contributed by atoms with E-state index < -0.39 is 8.07 Å². The molecule has 0 amide bonds. The number of hydrogen-bond acceptors (Lipinski definition) is 1. The topological polar surface area (TPSA) is 12.5 Å². The molecule has 13 heavy (non-hydrogen) atoms. The fraction of sp³-hybridized carbons (Fsp3) is 1.00. The van der Waals surface area contributed by atoms with E-state index in [2.05, 4.69) is 19.6 Å². The summed E-state index contributed by atoms with van der Waals surface area (Å²) < 4.78 is 5.88. The Balaban J connectivity index is 1.82. The third-order valence-electron chi connectivity index (χ3n) is 3.52. The first-order chi connectivity index (χ1) is 6.02. The van der Waals surface area contributed by atoms with Crippen molar-refractivity contribution in [3.8, 4) is 0 Å². The van der Waals surface area contributed by atoms with Gasteiger partial charge in [0, 0.05) is 8.07 Å². The Morgan fingerprint density at radius 3 is 2.69 bits per heavy atom. The molecule has 2 aliphatic rings. The van der Waals surface area contributed by atoms with Crippen LogP contribution in [-0.2, 0) is 4.74 Å². The summed E-state index contributed by atoms with van der Waals surface area (Å²) in [5.74, 6) is 0. The molecule has 1 aliphatic carbocycles. The van der Waals surface area contributed by atoms with E-state index in [9.17, 15) is 0 Å². The maximum Gasteiger partial charge on any atom is 0.0945 e. The van der Waals surface area contributed by atoms with Crippen molar-refractivity contribution >= 4 is 8.07 Å². The van der Waals surface area contributed by atoms with Gasteiger partial charge in [0.15, 0.2) is 0 Å². The predicted octanol–water partition coefficient (Wildman–Crippen LogP) is 3.43. The molecule has 0 radical (unpaired) electrons. The summed E-state index contributed by atoms with van der Waals surface area (Å²) in [6.45, 7) is 7.39. The highest BCUT2D eigenvalue weighted by Crippen LogP contribution is 2.51. The third-order valence-corrected chi connectivity index (χ3v) is 5.27. The normalized spacial score (nSPS) is 38.5. The van der Waals surface area contributed by atoms with Crippen LogP contribution in [-0.4, -0.2) is 19.8 Å². The number of hydrogen-bond donors (Lipinski definition) is 0. The number of rotatable bonds is 3. The fourth-order valence-corrected chi connectivity index (χ4v) is 3.65. The zero-order chi connectivity index (χ0) is 9.53.